The van der Waals surface area contributed by atoms with Gasteiger partial charge in [-0.3, -0.25) is 0 Å². The molecule has 4 rings (SSSR count). The quantitative estimate of drug-likeness (QED) is 0.803. The van der Waals surface area contributed by atoms with Gasteiger partial charge in [0.1, 0.15) is 12.2 Å². The maximum atomic E-state index is 6.33. The zero-order valence-electron chi connectivity index (χ0n) is 15.7. The Morgan fingerprint density at radius 1 is 0.963 bits per heavy atom. The summed E-state index contributed by atoms with van der Waals surface area (Å²) in [6.45, 7) is 3.05. The minimum absolute atomic E-state index is 0.0366. The second-order valence-corrected chi connectivity index (χ2v) is 7.08. The summed E-state index contributed by atoms with van der Waals surface area (Å²) < 4.78 is 30.2. The maximum absolute atomic E-state index is 6.33. The average molecular weight is 370 g/mol. The minimum Gasteiger partial charge on any atom is -0.370 e. The van der Waals surface area contributed by atoms with Crippen molar-refractivity contribution in [3.05, 3.63) is 71.8 Å². The van der Waals surface area contributed by atoms with E-state index in [0.717, 1.165) is 11.1 Å². The zero-order valence-corrected chi connectivity index (χ0v) is 15.7. The first-order chi connectivity index (χ1) is 13.3. The largest absolute Gasteiger partial charge is 0.370 e. The van der Waals surface area contributed by atoms with E-state index in [9.17, 15) is 0 Å². The van der Waals surface area contributed by atoms with E-state index in [0.29, 0.717) is 13.2 Å². The van der Waals surface area contributed by atoms with E-state index in [-0.39, 0.29) is 30.5 Å². The van der Waals surface area contributed by atoms with Gasteiger partial charge in [-0.1, -0.05) is 67.6 Å². The van der Waals surface area contributed by atoms with Crippen molar-refractivity contribution in [2.24, 2.45) is 5.92 Å². The molecule has 2 saturated heterocycles. The Bertz CT molecular complexity index is 707. The molecule has 5 nitrogen and oxygen atoms in total. The number of hydrogen-bond acceptors (Lipinski definition) is 5. The molecule has 2 heterocycles. The van der Waals surface area contributed by atoms with Gasteiger partial charge >= 0.3 is 0 Å². The highest BCUT2D eigenvalue weighted by Gasteiger charge is 2.49. The summed E-state index contributed by atoms with van der Waals surface area (Å²) in [6.07, 6.45) is -1.33. The molecule has 0 amide bonds. The van der Waals surface area contributed by atoms with Gasteiger partial charge in [-0.25, -0.2) is 0 Å². The number of hydrogen-bond donors (Lipinski definition) is 0. The molecule has 2 fully saturated rings. The summed E-state index contributed by atoms with van der Waals surface area (Å²) in [7, 11) is 1.66. The van der Waals surface area contributed by atoms with Gasteiger partial charge < -0.3 is 23.7 Å². The number of ether oxygens (including phenoxy) is 5. The summed E-state index contributed by atoms with van der Waals surface area (Å²) in [5.74, 6) is 0.0366. The third-order valence-corrected chi connectivity index (χ3v) is 5.23. The van der Waals surface area contributed by atoms with Crippen LogP contribution in [0.3, 0.4) is 0 Å². The van der Waals surface area contributed by atoms with Crippen LogP contribution in [0.15, 0.2) is 60.7 Å². The first-order valence-corrected chi connectivity index (χ1v) is 9.42. The molecule has 0 aliphatic carbocycles. The summed E-state index contributed by atoms with van der Waals surface area (Å²) in [5.41, 5.74) is 2.13. The molecule has 2 aliphatic rings. The van der Waals surface area contributed by atoms with Gasteiger partial charge in [-0.05, 0) is 5.56 Å². The zero-order chi connectivity index (χ0) is 18.6. The Balaban J connectivity index is 1.51. The van der Waals surface area contributed by atoms with Crippen LogP contribution >= 0.6 is 0 Å². The molecule has 27 heavy (non-hydrogen) atoms. The molecular formula is C22H26O5. The van der Waals surface area contributed by atoms with E-state index >= 15 is 0 Å². The smallest absolute Gasteiger partial charge is 0.184 e. The van der Waals surface area contributed by atoms with E-state index in [1.54, 1.807) is 7.11 Å². The first-order valence-electron chi connectivity index (χ1n) is 9.42. The Morgan fingerprint density at radius 3 is 2.37 bits per heavy atom. The Kier molecular flexibility index (Phi) is 5.86. The van der Waals surface area contributed by atoms with Crippen molar-refractivity contribution < 1.29 is 23.7 Å². The number of fused-ring (bicyclic) bond motifs is 1. The Labute approximate surface area is 160 Å². The van der Waals surface area contributed by atoms with Gasteiger partial charge in [0.2, 0.25) is 0 Å². The third kappa shape index (κ3) is 4.08. The molecule has 0 unspecified atom stereocenters. The van der Waals surface area contributed by atoms with Crippen LogP contribution in [0.4, 0.5) is 0 Å². The molecule has 0 radical (unpaired) electrons. The van der Waals surface area contributed by atoms with E-state index in [2.05, 4.69) is 19.1 Å². The number of benzene rings is 2. The van der Waals surface area contributed by atoms with Crippen LogP contribution in [0.5, 0.6) is 0 Å². The molecule has 2 aliphatic heterocycles. The fourth-order valence-electron chi connectivity index (χ4n) is 3.77. The predicted molar refractivity (Wildman–Crippen MR) is 99.9 cm³/mol. The fraction of sp³-hybridized carbons (Fsp3) is 0.455. The second kappa shape index (κ2) is 8.50. The lowest BCUT2D eigenvalue weighted by molar-refractivity contribution is -0.354. The van der Waals surface area contributed by atoms with Crippen molar-refractivity contribution in [1.29, 1.82) is 0 Å². The van der Waals surface area contributed by atoms with E-state index in [4.69, 9.17) is 23.7 Å². The molecule has 0 bridgehead atoms. The molecule has 5 heteroatoms. The van der Waals surface area contributed by atoms with Crippen molar-refractivity contribution in [2.45, 2.75) is 44.4 Å². The normalized spacial score (nSPS) is 33.4. The van der Waals surface area contributed by atoms with E-state index in [1.165, 1.54) is 0 Å². The van der Waals surface area contributed by atoms with Crippen LogP contribution in [-0.4, -0.2) is 38.3 Å². The lowest BCUT2D eigenvalue weighted by Gasteiger charge is -2.48. The highest BCUT2D eigenvalue weighted by molar-refractivity contribution is 5.17. The number of rotatable bonds is 5. The van der Waals surface area contributed by atoms with Crippen LogP contribution in [0.1, 0.15) is 24.3 Å². The standard InChI is InChI=1S/C22H26O5/c1-15-19(24-13-16-9-5-3-6-10-16)20-18(26-21(15)23-2)14-25-22(27-20)17-11-7-4-8-12-17/h3-12,15,18-22H,13-14H2,1-2H3/t15-,18-,19-,20-,21+,22-/m1/s1. The molecular weight excluding hydrogens is 344 g/mol. The van der Waals surface area contributed by atoms with E-state index in [1.807, 2.05) is 48.5 Å². The van der Waals surface area contributed by atoms with Crippen LogP contribution < -0.4 is 0 Å². The summed E-state index contributed by atoms with van der Waals surface area (Å²) in [5, 5.41) is 0. The molecule has 144 valence electrons. The molecule has 0 spiro atoms. The molecule has 0 N–H and O–H groups in total. The third-order valence-electron chi connectivity index (χ3n) is 5.23. The average Bonchev–Trinajstić information content (AvgIpc) is 2.74. The van der Waals surface area contributed by atoms with Gasteiger partial charge in [0, 0.05) is 18.6 Å². The number of methoxy groups -OCH3 is 1. The van der Waals surface area contributed by atoms with Crippen LogP contribution in [0.2, 0.25) is 0 Å². The van der Waals surface area contributed by atoms with Gasteiger partial charge in [-0.15, -0.1) is 0 Å². The van der Waals surface area contributed by atoms with Crippen molar-refractivity contribution in [2.75, 3.05) is 13.7 Å². The SMILES string of the molecule is CO[C@H]1O[C@@H]2CO[C@@H](c3ccccc3)O[C@H]2[C@H](OCc2ccccc2)[C@H]1C. The van der Waals surface area contributed by atoms with Gasteiger partial charge in [0.05, 0.1) is 19.3 Å². The van der Waals surface area contributed by atoms with Gasteiger partial charge in [0.15, 0.2) is 12.6 Å². The predicted octanol–water partition coefficient (Wildman–Crippen LogP) is 3.69. The lowest BCUT2D eigenvalue weighted by atomic mass is 9.91. The molecule has 6 atom stereocenters. The topological polar surface area (TPSA) is 46.2 Å². The Hall–Kier alpha value is -1.76. The van der Waals surface area contributed by atoms with Crippen LogP contribution in [-0.2, 0) is 30.3 Å². The Morgan fingerprint density at radius 2 is 1.67 bits per heavy atom. The summed E-state index contributed by atoms with van der Waals surface area (Å²) >= 11 is 0. The van der Waals surface area contributed by atoms with Gasteiger partial charge in [0.25, 0.3) is 0 Å². The monoisotopic (exact) mass is 370 g/mol. The van der Waals surface area contributed by atoms with Crippen LogP contribution in [0, 0.1) is 5.92 Å². The molecule has 0 aromatic heterocycles. The van der Waals surface area contributed by atoms with Crippen molar-refractivity contribution in [1.82, 2.24) is 0 Å². The molecule has 2 aromatic rings. The molecule has 0 saturated carbocycles. The van der Waals surface area contributed by atoms with E-state index < -0.39 is 6.29 Å². The summed E-state index contributed by atoms with van der Waals surface area (Å²) in [4.78, 5) is 0. The highest BCUT2D eigenvalue weighted by Crippen LogP contribution is 2.37. The van der Waals surface area contributed by atoms with Crippen LogP contribution in [0.25, 0.3) is 0 Å². The van der Waals surface area contributed by atoms with Gasteiger partial charge in [-0.2, -0.15) is 0 Å². The van der Waals surface area contributed by atoms with Crippen molar-refractivity contribution >= 4 is 0 Å². The fourth-order valence-corrected chi connectivity index (χ4v) is 3.77. The highest BCUT2D eigenvalue weighted by atomic mass is 16.7. The minimum atomic E-state index is -0.412. The first kappa shape index (κ1) is 18.6. The summed E-state index contributed by atoms with van der Waals surface area (Å²) in [6, 6.07) is 20.1. The molecule has 2 aromatic carbocycles. The second-order valence-electron chi connectivity index (χ2n) is 7.08. The maximum Gasteiger partial charge on any atom is 0.184 e. The lowest BCUT2D eigenvalue weighted by Crippen LogP contribution is -2.59. The van der Waals surface area contributed by atoms with Crippen molar-refractivity contribution in [3.63, 3.8) is 0 Å². The van der Waals surface area contributed by atoms with Crippen molar-refractivity contribution in [3.8, 4) is 0 Å².